The summed E-state index contributed by atoms with van der Waals surface area (Å²) in [6.45, 7) is 6.61. The molecular formula is C17H26N2O4. The zero-order valence-electron chi connectivity index (χ0n) is 13.9. The minimum atomic E-state index is -0.00869. The van der Waals surface area contributed by atoms with E-state index in [9.17, 15) is 9.59 Å². The Bertz CT molecular complexity index is 491. The van der Waals surface area contributed by atoms with E-state index >= 15 is 0 Å². The van der Waals surface area contributed by atoms with Crippen LogP contribution in [-0.2, 0) is 9.53 Å². The van der Waals surface area contributed by atoms with Crippen LogP contribution in [-0.4, -0.2) is 49.1 Å². The molecule has 1 N–H and O–H groups in total. The van der Waals surface area contributed by atoms with Gasteiger partial charge in [-0.3, -0.25) is 9.59 Å². The van der Waals surface area contributed by atoms with Gasteiger partial charge in [0, 0.05) is 32.2 Å². The van der Waals surface area contributed by atoms with Crippen molar-refractivity contribution in [2.45, 2.75) is 39.2 Å². The first-order valence-electron chi connectivity index (χ1n) is 8.25. The second-order valence-electron chi connectivity index (χ2n) is 6.36. The topological polar surface area (TPSA) is 71.8 Å². The molecule has 2 rings (SSSR count). The van der Waals surface area contributed by atoms with E-state index in [0.717, 1.165) is 12.8 Å². The minimum Gasteiger partial charge on any atom is -0.472 e. The van der Waals surface area contributed by atoms with E-state index in [0.29, 0.717) is 44.2 Å². The van der Waals surface area contributed by atoms with Crippen LogP contribution < -0.4 is 5.32 Å². The molecule has 2 amide bonds. The van der Waals surface area contributed by atoms with Crippen molar-refractivity contribution in [3.05, 3.63) is 24.2 Å². The smallest absolute Gasteiger partial charge is 0.257 e. The molecule has 0 aromatic carbocycles. The molecular weight excluding hydrogens is 296 g/mol. The molecule has 0 spiro atoms. The van der Waals surface area contributed by atoms with Crippen molar-refractivity contribution >= 4 is 11.8 Å². The predicted octanol–water partition coefficient (Wildman–Crippen LogP) is 2.06. The minimum absolute atomic E-state index is 0.00869. The monoisotopic (exact) mass is 322 g/mol. The number of rotatable bonds is 7. The first-order chi connectivity index (χ1) is 11.1. The zero-order valence-corrected chi connectivity index (χ0v) is 13.9. The molecule has 6 nitrogen and oxygen atoms in total. The largest absolute Gasteiger partial charge is 0.472 e. The van der Waals surface area contributed by atoms with Gasteiger partial charge < -0.3 is 19.4 Å². The zero-order chi connectivity index (χ0) is 16.7. The molecule has 1 fully saturated rings. The first-order valence-corrected chi connectivity index (χ1v) is 8.25. The Hall–Kier alpha value is -1.82. The van der Waals surface area contributed by atoms with E-state index in [1.807, 2.05) is 0 Å². The van der Waals surface area contributed by atoms with Crippen molar-refractivity contribution in [3.8, 4) is 0 Å². The third-order valence-electron chi connectivity index (χ3n) is 3.84. The van der Waals surface area contributed by atoms with Gasteiger partial charge in [0.15, 0.2) is 0 Å². The molecule has 1 aromatic heterocycles. The van der Waals surface area contributed by atoms with Crippen molar-refractivity contribution < 1.29 is 18.7 Å². The Labute approximate surface area is 137 Å². The lowest BCUT2D eigenvalue weighted by molar-refractivity contribution is -0.123. The molecule has 1 aliphatic rings. The Morgan fingerprint density at radius 2 is 2.13 bits per heavy atom. The summed E-state index contributed by atoms with van der Waals surface area (Å²) in [5, 5.41) is 3.03. The van der Waals surface area contributed by atoms with Gasteiger partial charge in [-0.1, -0.05) is 13.8 Å². The van der Waals surface area contributed by atoms with Crippen LogP contribution >= 0.6 is 0 Å². The molecule has 2 heterocycles. The number of hydrogen-bond donors (Lipinski definition) is 1. The van der Waals surface area contributed by atoms with Crippen LogP contribution in [0.1, 0.15) is 43.5 Å². The fourth-order valence-electron chi connectivity index (χ4n) is 2.58. The highest BCUT2D eigenvalue weighted by Crippen LogP contribution is 2.14. The Morgan fingerprint density at radius 1 is 1.39 bits per heavy atom. The summed E-state index contributed by atoms with van der Waals surface area (Å²) in [7, 11) is 0. The number of carbonyl (C=O) groups is 2. The van der Waals surface area contributed by atoms with E-state index in [2.05, 4.69) is 19.2 Å². The van der Waals surface area contributed by atoms with E-state index in [1.165, 1.54) is 12.5 Å². The normalized spacial score (nSPS) is 15.9. The van der Waals surface area contributed by atoms with Gasteiger partial charge in [-0.05, 0) is 24.8 Å². The summed E-state index contributed by atoms with van der Waals surface area (Å²) < 4.78 is 10.4. The van der Waals surface area contributed by atoms with Crippen LogP contribution in [0.25, 0.3) is 0 Å². The van der Waals surface area contributed by atoms with Crippen molar-refractivity contribution in [2.75, 3.05) is 26.3 Å². The quantitative estimate of drug-likeness (QED) is 0.780. The molecule has 6 heteroatoms. The first kappa shape index (κ1) is 17.5. The van der Waals surface area contributed by atoms with Gasteiger partial charge in [0.2, 0.25) is 5.91 Å². The molecule has 1 saturated heterocycles. The number of nitrogens with one attached hydrogen (secondary N) is 1. The number of piperidine rings is 1. The van der Waals surface area contributed by atoms with Gasteiger partial charge >= 0.3 is 0 Å². The van der Waals surface area contributed by atoms with Crippen LogP contribution in [0.15, 0.2) is 23.0 Å². The summed E-state index contributed by atoms with van der Waals surface area (Å²) in [6.07, 6.45) is 4.92. The Balaban J connectivity index is 1.64. The summed E-state index contributed by atoms with van der Waals surface area (Å²) in [6, 6.07) is 1.81. The summed E-state index contributed by atoms with van der Waals surface area (Å²) in [5.41, 5.74) is 0.579. The molecule has 1 aliphatic heterocycles. The maximum atomic E-state index is 12.2. The summed E-state index contributed by atoms with van der Waals surface area (Å²) >= 11 is 0. The fourth-order valence-corrected chi connectivity index (χ4v) is 2.58. The molecule has 0 unspecified atom stereocenters. The maximum absolute atomic E-state index is 12.2. The van der Waals surface area contributed by atoms with Crippen LogP contribution in [0, 0.1) is 5.92 Å². The molecule has 0 saturated carbocycles. The highest BCUT2D eigenvalue weighted by Gasteiger charge is 2.24. The Kier molecular flexibility index (Phi) is 6.65. The molecule has 1 aromatic rings. The average molecular weight is 322 g/mol. The fraction of sp³-hybridized carbons (Fsp3) is 0.647. The van der Waals surface area contributed by atoms with Gasteiger partial charge in [0.25, 0.3) is 5.91 Å². The van der Waals surface area contributed by atoms with E-state index in [1.54, 1.807) is 11.0 Å². The summed E-state index contributed by atoms with van der Waals surface area (Å²) in [4.78, 5) is 25.9. The van der Waals surface area contributed by atoms with Crippen LogP contribution in [0.5, 0.6) is 0 Å². The third kappa shape index (κ3) is 5.71. The maximum Gasteiger partial charge on any atom is 0.257 e. The Morgan fingerprint density at radius 3 is 2.74 bits per heavy atom. The van der Waals surface area contributed by atoms with Gasteiger partial charge in [0.05, 0.1) is 18.4 Å². The van der Waals surface area contributed by atoms with Crippen LogP contribution in [0.2, 0.25) is 0 Å². The molecule has 0 aliphatic carbocycles. The number of carbonyl (C=O) groups excluding carboxylic acids is 2. The number of amides is 2. The molecule has 23 heavy (non-hydrogen) atoms. The third-order valence-corrected chi connectivity index (χ3v) is 3.84. The van der Waals surface area contributed by atoms with E-state index in [-0.39, 0.29) is 17.9 Å². The highest BCUT2D eigenvalue weighted by atomic mass is 16.5. The number of furan rings is 1. The number of likely N-dealkylation sites (tertiary alicyclic amines) is 1. The SMILES string of the molecule is CC(C)COCCC(=O)NC1CCN(C(=O)c2ccoc2)CC1. The molecule has 0 atom stereocenters. The van der Waals surface area contributed by atoms with E-state index in [4.69, 9.17) is 9.15 Å². The lowest BCUT2D eigenvalue weighted by Crippen LogP contribution is -2.46. The lowest BCUT2D eigenvalue weighted by atomic mass is 10.0. The van der Waals surface area contributed by atoms with Gasteiger partial charge in [-0.25, -0.2) is 0 Å². The molecule has 0 bridgehead atoms. The van der Waals surface area contributed by atoms with Crippen LogP contribution in [0.4, 0.5) is 0 Å². The average Bonchev–Trinajstić information content (AvgIpc) is 3.06. The number of hydrogen-bond acceptors (Lipinski definition) is 4. The summed E-state index contributed by atoms with van der Waals surface area (Å²) in [5.74, 6) is 0.495. The second-order valence-corrected chi connectivity index (χ2v) is 6.36. The van der Waals surface area contributed by atoms with Gasteiger partial charge in [-0.15, -0.1) is 0 Å². The van der Waals surface area contributed by atoms with Gasteiger partial charge in [0.1, 0.15) is 6.26 Å². The van der Waals surface area contributed by atoms with Crippen molar-refractivity contribution in [1.29, 1.82) is 0 Å². The second kappa shape index (κ2) is 8.72. The van der Waals surface area contributed by atoms with Crippen molar-refractivity contribution in [3.63, 3.8) is 0 Å². The predicted molar refractivity (Wildman–Crippen MR) is 86.1 cm³/mol. The van der Waals surface area contributed by atoms with Crippen LogP contribution in [0.3, 0.4) is 0 Å². The van der Waals surface area contributed by atoms with E-state index < -0.39 is 0 Å². The molecule has 0 radical (unpaired) electrons. The molecule has 128 valence electrons. The number of ether oxygens (including phenoxy) is 1. The highest BCUT2D eigenvalue weighted by molar-refractivity contribution is 5.93. The standard InChI is InChI=1S/C17H26N2O4/c1-13(2)11-22-10-6-16(20)18-15-3-7-19(8-4-15)17(21)14-5-9-23-12-14/h5,9,12-13,15H,3-4,6-8,10-11H2,1-2H3,(H,18,20). The van der Waals surface area contributed by atoms with Gasteiger partial charge in [-0.2, -0.15) is 0 Å². The van der Waals surface area contributed by atoms with Crippen molar-refractivity contribution in [1.82, 2.24) is 10.2 Å². The number of nitrogens with zero attached hydrogens (tertiary/aromatic N) is 1. The van der Waals surface area contributed by atoms with Crippen molar-refractivity contribution in [2.24, 2.45) is 5.92 Å². The lowest BCUT2D eigenvalue weighted by Gasteiger charge is -2.32.